The van der Waals surface area contributed by atoms with E-state index in [-0.39, 0.29) is 5.97 Å². The number of anilines is 1. The van der Waals surface area contributed by atoms with Gasteiger partial charge in [-0.25, -0.2) is 4.79 Å². The van der Waals surface area contributed by atoms with E-state index in [1.807, 2.05) is 37.3 Å². The maximum absolute atomic E-state index is 11.9. The summed E-state index contributed by atoms with van der Waals surface area (Å²) in [6.07, 6.45) is 1.90. The predicted molar refractivity (Wildman–Crippen MR) is 111 cm³/mol. The Labute approximate surface area is 164 Å². The number of ether oxygens (including phenoxy) is 1. The molecule has 0 saturated heterocycles. The lowest BCUT2D eigenvalue weighted by Crippen LogP contribution is -2.29. The highest BCUT2D eigenvalue weighted by Gasteiger charge is 2.09. The first-order valence-corrected chi connectivity index (χ1v) is 9.35. The number of nitrogens with one attached hydrogen (secondary N) is 2. The molecule has 2 rings (SSSR count). The Morgan fingerprint density at radius 2 is 1.92 bits per heavy atom. The molecule has 0 heterocycles. The van der Waals surface area contributed by atoms with Gasteiger partial charge in [-0.1, -0.05) is 29.8 Å². The van der Waals surface area contributed by atoms with Crippen molar-refractivity contribution in [3.8, 4) is 0 Å². The average Bonchev–Trinajstić information content (AvgIpc) is 2.62. The van der Waals surface area contributed by atoms with Gasteiger partial charge in [-0.15, -0.1) is 0 Å². The van der Waals surface area contributed by atoms with E-state index in [0.717, 1.165) is 35.7 Å². The summed E-state index contributed by atoms with van der Waals surface area (Å²) in [6, 6.07) is 13.2. The van der Waals surface area contributed by atoms with Gasteiger partial charge in [0.1, 0.15) is 0 Å². The van der Waals surface area contributed by atoms with Crippen molar-refractivity contribution in [2.45, 2.75) is 26.7 Å². The second-order valence-corrected chi connectivity index (χ2v) is 6.71. The Balaban J connectivity index is 1.82. The van der Waals surface area contributed by atoms with Crippen molar-refractivity contribution in [3.05, 3.63) is 64.2 Å². The van der Waals surface area contributed by atoms with E-state index in [1.165, 1.54) is 5.56 Å². The van der Waals surface area contributed by atoms with E-state index in [0.29, 0.717) is 17.3 Å². The van der Waals surface area contributed by atoms with Crippen LogP contribution in [-0.2, 0) is 11.2 Å². The smallest absolute Gasteiger partial charge is 0.338 e. The SMILES string of the molecule is CCOC(=O)c1ccc(C)c(NC(=S)NCCCc2ccc(Cl)cc2)c1. The molecule has 0 unspecified atom stereocenters. The number of rotatable bonds is 7. The molecule has 0 aliphatic rings. The van der Waals surface area contributed by atoms with E-state index < -0.39 is 0 Å². The Kier molecular flexibility index (Phi) is 7.88. The monoisotopic (exact) mass is 390 g/mol. The first-order valence-electron chi connectivity index (χ1n) is 8.56. The Bertz CT molecular complexity index is 763. The molecule has 0 amide bonds. The molecule has 2 N–H and O–H groups in total. The molecule has 0 aliphatic carbocycles. The fraction of sp³-hybridized carbons (Fsp3) is 0.300. The van der Waals surface area contributed by atoms with Crippen molar-refractivity contribution in [2.75, 3.05) is 18.5 Å². The molecule has 4 nitrogen and oxygen atoms in total. The van der Waals surface area contributed by atoms with Crippen molar-refractivity contribution in [2.24, 2.45) is 0 Å². The van der Waals surface area contributed by atoms with Crippen LogP contribution in [-0.4, -0.2) is 24.2 Å². The van der Waals surface area contributed by atoms with Gasteiger partial charge < -0.3 is 15.4 Å². The fourth-order valence-corrected chi connectivity index (χ4v) is 2.75. The summed E-state index contributed by atoms with van der Waals surface area (Å²) in [6.45, 7) is 4.85. The van der Waals surface area contributed by atoms with Gasteiger partial charge >= 0.3 is 5.97 Å². The largest absolute Gasteiger partial charge is 0.462 e. The highest BCUT2D eigenvalue weighted by atomic mass is 35.5. The number of hydrogen-bond donors (Lipinski definition) is 2. The maximum atomic E-state index is 11.9. The number of halogens is 1. The van der Waals surface area contributed by atoms with Crippen LogP contribution in [0.1, 0.15) is 34.8 Å². The van der Waals surface area contributed by atoms with Crippen molar-refractivity contribution in [3.63, 3.8) is 0 Å². The minimum absolute atomic E-state index is 0.336. The van der Waals surface area contributed by atoms with Crippen LogP contribution < -0.4 is 10.6 Å². The van der Waals surface area contributed by atoms with Crippen LogP contribution in [0.3, 0.4) is 0 Å². The zero-order valence-electron chi connectivity index (χ0n) is 15.0. The Hall–Kier alpha value is -2.11. The van der Waals surface area contributed by atoms with Gasteiger partial charge in [-0.3, -0.25) is 0 Å². The van der Waals surface area contributed by atoms with Crippen molar-refractivity contribution in [1.29, 1.82) is 0 Å². The van der Waals surface area contributed by atoms with E-state index in [1.54, 1.807) is 19.1 Å². The molecular weight excluding hydrogens is 368 g/mol. The molecule has 138 valence electrons. The molecule has 0 atom stereocenters. The Morgan fingerprint density at radius 3 is 2.62 bits per heavy atom. The molecule has 0 fully saturated rings. The van der Waals surface area contributed by atoms with Crippen molar-refractivity contribution < 1.29 is 9.53 Å². The molecule has 0 bridgehead atoms. The quantitative estimate of drug-likeness (QED) is 0.406. The summed E-state index contributed by atoms with van der Waals surface area (Å²) in [5.74, 6) is -0.336. The number of esters is 1. The third-order valence-electron chi connectivity index (χ3n) is 3.84. The van der Waals surface area contributed by atoms with Crippen molar-refractivity contribution in [1.82, 2.24) is 5.32 Å². The van der Waals surface area contributed by atoms with Crippen LogP contribution >= 0.6 is 23.8 Å². The second-order valence-electron chi connectivity index (χ2n) is 5.86. The summed E-state index contributed by atoms with van der Waals surface area (Å²) in [5, 5.41) is 7.62. The first kappa shape index (κ1) is 20.2. The summed E-state index contributed by atoms with van der Waals surface area (Å²) >= 11 is 11.2. The summed E-state index contributed by atoms with van der Waals surface area (Å²) < 4.78 is 5.03. The molecule has 0 aliphatic heterocycles. The minimum Gasteiger partial charge on any atom is -0.462 e. The number of hydrogen-bond acceptors (Lipinski definition) is 3. The van der Waals surface area contributed by atoms with Gasteiger partial charge in [0.05, 0.1) is 12.2 Å². The van der Waals surface area contributed by atoms with E-state index in [4.69, 9.17) is 28.6 Å². The lowest BCUT2D eigenvalue weighted by molar-refractivity contribution is 0.0526. The highest BCUT2D eigenvalue weighted by Crippen LogP contribution is 2.17. The third-order valence-corrected chi connectivity index (χ3v) is 4.34. The molecular formula is C20H23ClN2O2S. The average molecular weight is 391 g/mol. The molecule has 2 aromatic rings. The molecule has 0 saturated carbocycles. The lowest BCUT2D eigenvalue weighted by Gasteiger charge is -2.13. The standard InChI is InChI=1S/C20H23ClN2O2S/c1-3-25-19(24)16-9-6-14(2)18(13-16)23-20(26)22-12-4-5-15-7-10-17(21)11-8-15/h6-11,13H,3-5,12H2,1-2H3,(H2,22,23,26). The van der Waals surface area contributed by atoms with Gasteiger partial charge in [0.25, 0.3) is 0 Å². The summed E-state index contributed by atoms with van der Waals surface area (Å²) in [4.78, 5) is 11.9. The van der Waals surface area contributed by atoms with Crippen LogP contribution in [0.5, 0.6) is 0 Å². The van der Waals surface area contributed by atoms with Gasteiger partial charge in [0.15, 0.2) is 5.11 Å². The molecule has 2 aromatic carbocycles. The van der Waals surface area contributed by atoms with E-state index in [9.17, 15) is 4.79 Å². The first-order chi connectivity index (χ1) is 12.5. The summed E-state index contributed by atoms with van der Waals surface area (Å²) in [7, 11) is 0. The van der Waals surface area contributed by atoms with Crippen LogP contribution in [0.25, 0.3) is 0 Å². The van der Waals surface area contributed by atoms with Crippen LogP contribution in [0.15, 0.2) is 42.5 Å². The lowest BCUT2D eigenvalue weighted by atomic mass is 10.1. The van der Waals surface area contributed by atoms with Gasteiger partial charge in [0, 0.05) is 17.3 Å². The van der Waals surface area contributed by atoms with Crippen LogP contribution in [0.4, 0.5) is 5.69 Å². The number of benzene rings is 2. The maximum Gasteiger partial charge on any atom is 0.338 e. The number of carbonyl (C=O) groups excluding carboxylic acids is 1. The molecule has 0 aromatic heterocycles. The normalized spacial score (nSPS) is 10.3. The highest BCUT2D eigenvalue weighted by molar-refractivity contribution is 7.80. The molecule has 0 radical (unpaired) electrons. The zero-order valence-corrected chi connectivity index (χ0v) is 16.5. The van der Waals surface area contributed by atoms with E-state index >= 15 is 0 Å². The van der Waals surface area contributed by atoms with Gasteiger partial charge in [0.2, 0.25) is 0 Å². The molecule has 0 spiro atoms. The minimum atomic E-state index is -0.336. The van der Waals surface area contributed by atoms with Gasteiger partial charge in [-0.05, 0) is 74.3 Å². The zero-order chi connectivity index (χ0) is 18.9. The predicted octanol–water partition coefficient (Wildman–Crippen LogP) is 4.74. The van der Waals surface area contributed by atoms with Crippen LogP contribution in [0, 0.1) is 6.92 Å². The Morgan fingerprint density at radius 1 is 1.19 bits per heavy atom. The number of aryl methyl sites for hydroxylation is 2. The molecule has 26 heavy (non-hydrogen) atoms. The molecule has 6 heteroatoms. The topological polar surface area (TPSA) is 50.4 Å². The number of thiocarbonyl (C=S) groups is 1. The third kappa shape index (κ3) is 6.32. The second kappa shape index (κ2) is 10.1. The number of carbonyl (C=O) groups is 1. The van der Waals surface area contributed by atoms with Crippen LogP contribution in [0.2, 0.25) is 5.02 Å². The summed E-state index contributed by atoms with van der Waals surface area (Å²) in [5.41, 5.74) is 3.55. The van der Waals surface area contributed by atoms with Gasteiger partial charge in [-0.2, -0.15) is 0 Å². The fourth-order valence-electron chi connectivity index (χ4n) is 2.41. The van der Waals surface area contributed by atoms with E-state index in [2.05, 4.69) is 10.6 Å². The van der Waals surface area contributed by atoms with Crippen molar-refractivity contribution >= 4 is 40.6 Å².